The number of nitrogens with one attached hydrogen (secondary N) is 1. The average molecular weight is 247 g/mol. The first-order valence-electron chi connectivity index (χ1n) is 7.06. The second-order valence-corrected chi connectivity index (χ2v) is 6.01. The topological polar surface area (TPSA) is 32.3 Å². The third-order valence-electron chi connectivity index (χ3n) is 4.23. The van der Waals surface area contributed by atoms with Crippen molar-refractivity contribution in [1.29, 1.82) is 0 Å². The lowest BCUT2D eigenvalue weighted by Crippen LogP contribution is -2.42. The molecule has 2 rings (SSSR count). The lowest BCUT2D eigenvalue weighted by molar-refractivity contribution is 0.0445. The van der Waals surface area contributed by atoms with Gasteiger partial charge in [0.25, 0.3) is 0 Å². The standard InChI is InChI=1S/C16H25NO/c1-13(2)15-6-4-14(5-7-15)10-17-11-16(12-18)8-3-9-16/h4-7,13,17-18H,3,8-12H2,1-2H3. The highest BCUT2D eigenvalue weighted by atomic mass is 16.3. The van der Waals surface area contributed by atoms with Gasteiger partial charge in [0.05, 0.1) is 0 Å². The van der Waals surface area contributed by atoms with Gasteiger partial charge in [0.1, 0.15) is 0 Å². The van der Waals surface area contributed by atoms with Crippen LogP contribution in [0.25, 0.3) is 0 Å². The fourth-order valence-electron chi connectivity index (χ4n) is 2.56. The minimum absolute atomic E-state index is 0.178. The third-order valence-corrected chi connectivity index (χ3v) is 4.23. The molecule has 0 atom stereocenters. The molecule has 1 aromatic rings. The Morgan fingerprint density at radius 1 is 1.22 bits per heavy atom. The zero-order valence-electron chi connectivity index (χ0n) is 11.6. The molecule has 0 saturated heterocycles. The summed E-state index contributed by atoms with van der Waals surface area (Å²) in [6.07, 6.45) is 3.61. The molecule has 2 N–H and O–H groups in total. The molecule has 0 unspecified atom stereocenters. The van der Waals surface area contributed by atoms with Crippen molar-refractivity contribution in [3.05, 3.63) is 35.4 Å². The third kappa shape index (κ3) is 3.12. The molecule has 1 saturated carbocycles. The summed E-state index contributed by atoms with van der Waals surface area (Å²) in [5.41, 5.74) is 2.90. The summed E-state index contributed by atoms with van der Waals surface area (Å²) >= 11 is 0. The van der Waals surface area contributed by atoms with E-state index in [2.05, 4.69) is 43.4 Å². The first-order chi connectivity index (χ1) is 8.65. The molecule has 0 aliphatic heterocycles. The van der Waals surface area contributed by atoms with Crippen molar-refractivity contribution in [3.63, 3.8) is 0 Å². The quantitative estimate of drug-likeness (QED) is 0.809. The van der Waals surface area contributed by atoms with Gasteiger partial charge in [-0.3, -0.25) is 0 Å². The fraction of sp³-hybridized carbons (Fsp3) is 0.625. The molecule has 1 aliphatic rings. The summed E-state index contributed by atoms with van der Waals surface area (Å²) in [5, 5.41) is 12.9. The highest BCUT2D eigenvalue weighted by molar-refractivity contribution is 5.24. The number of aliphatic hydroxyl groups excluding tert-OH is 1. The van der Waals surface area contributed by atoms with Crippen LogP contribution in [0.1, 0.15) is 50.2 Å². The maximum absolute atomic E-state index is 9.39. The number of hydrogen-bond donors (Lipinski definition) is 2. The van der Waals surface area contributed by atoms with E-state index in [-0.39, 0.29) is 5.41 Å². The van der Waals surface area contributed by atoms with E-state index in [0.717, 1.165) is 13.1 Å². The molecule has 0 bridgehead atoms. The molecule has 1 aromatic carbocycles. The predicted molar refractivity (Wildman–Crippen MR) is 75.6 cm³/mol. The Morgan fingerprint density at radius 2 is 1.89 bits per heavy atom. The van der Waals surface area contributed by atoms with Crippen LogP contribution in [0.5, 0.6) is 0 Å². The van der Waals surface area contributed by atoms with Gasteiger partial charge in [-0.05, 0) is 29.9 Å². The Morgan fingerprint density at radius 3 is 2.33 bits per heavy atom. The van der Waals surface area contributed by atoms with Crippen molar-refractivity contribution in [3.8, 4) is 0 Å². The molecule has 1 aliphatic carbocycles. The molecular formula is C16H25NO. The Bertz CT molecular complexity index is 360. The minimum Gasteiger partial charge on any atom is -0.396 e. The van der Waals surface area contributed by atoms with Crippen LogP contribution in [0.4, 0.5) is 0 Å². The smallest absolute Gasteiger partial charge is 0.0499 e. The number of hydrogen-bond acceptors (Lipinski definition) is 2. The van der Waals surface area contributed by atoms with Gasteiger partial charge in [-0.2, -0.15) is 0 Å². The molecule has 100 valence electrons. The lowest BCUT2D eigenvalue weighted by Gasteiger charge is -2.40. The van der Waals surface area contributed by atoms with Gasteiger partial charge in [0.2, 0.25) is 0 Å². The van der Waals surface area contributed by atoms with Gasteiger partial charge >= 0.3 is 0 Å². The van der Waals surface area contributed by atoms with Gasteiger partial charge in [-0.25, -0.2) is 0 Å². The van der Waals surface area contributed by atoms with E-state index in [1.807, 2.05) is 0 Å². The molecule has 2 heteroatoms. The van der Waals surface area contributed by atoms with Gasteiger partial charge < -0.3 is 10.4 Å². The number of benzene rings is 1. The normalized spacial score (nSPS) is 17.8. The molecule has 1 fully saturated rings. The van der Waals surface area contributed by atoms with E-state index in [1.54, 1.807) is 0 Å². The van der Waals surface area contributed by atoms with Crippen molar-refractivity contribution in [2.24, 2.45) is 5.41 Å². The SMILES string of the molecule is CC(C)c1ccc(CNCC2(CO)CCC2)cc1. The second kappa shape index (κ2) is 5.85. The zero-order chi connectivity index (χ0) is 13.0. The highest BCUT2D eigenvalue weighted by Gasteiger charge is 2.35. The van der Waals surface area contributed by atoms with Crippen LogP contribution in [0.15, 0.2) is 24.3 Å². The molecule has 0 radical (unpaired) electrons. The molecule has 0 amide bonds. The summed E-state index contributed by atoms with van der Waals surface area (Å²) in [5.74, 6) is 0.597. The van der Waals surface area contributed by atoms with Crippen LogP contribution in [0, 0.1) is 5.41 Å². The van der Waals surface area contributed by atoms with Crippen molar-refractivity contribution >= 4 is 0 Å². The fourth-order valence-corrected chi connectivity index (χ4v) is 2.56. The number of rotatable bonds is 6. The maximum atomic E-state index is 9.39. The predicted octanol–water partition coefficient (Wildman–Crippen LogP) is 3.06. The van der Waals surface area contributed by atoms with Crippen molar-refractivity contribution in [2.45, 2.75) is 45.6 Å². The summed E-state index contributed by atoms with van der Waals surface area (Å²) in [4.78, 5) is 0. The first kappa shape index (κ1) is 13.6. The molecule has 2 nitrogen and oxygen atoms in total. The molecule has 0 aromatic heterocycles. The van der Waals surface area contributed by atoms with Crippen molar-refractivity contribution < 1.29 is 5.11 Å². The molecular weight excluding hydrogens is 222 g/mol. The van der Waals surface area contributed by atoms with Crippen LogP contribution in [0.2, 0.25) is 0 Å². The van der Waals surface area contributed by atoms with Crippen molar-refractivity contribution in [1.82, 2.24) is 5.32 Å². The van der Waals surface area contributed by atoms with E-state index in [4.69, 9.17) is 0 Å². The largest absolute Gasteiger partial charge is 0.396 e. The van der Waals surface area contributed by atoms with E-state index < -0.39 is 0 Å². The monoisotopic (exact) mass is 247 g/mol. The molecule has 0 heterocycles. The lowest BCUT2D eigenvalue weighted by atomic mass is 9.69. The van der Waals surface area contributed by atoms with E-state index in [1.165, 1.54) is 30.4 Å². The highest BCUT2D eigenvalue weighted by Crippen LogP contribution is 2.39. The second-order valence-electron chi connectivity index (χ2n) is 6.01. The maximum Gasteiger partial charge on any atom is 0.0499 e. The van der Waals surface area contributed by atoms with Gasteiger partial charge in [0.15, 0.2) is 0 Å². The van der Waals surface area contributed by atoms with Gasteiger partial charge in [0, 0.05) is 25.1 Å². The van der Waals surface area contributed by atoms with Crippen LogP contribution < -0.4 is 5.32 Å². The summed E-state index contributed by atoms with van der Waals surface area (Å²) < 4.78 is 0. The minimum atomic E-state index is 0.178. The van der Waals surface area contributed by atoms with E-state index in [9.17, 15) is 5.11 Å². The molecule has 0 spiro atoms. The molecule has 18 heavy (non-hydrogen) atoms. The van der Waals surface area contributed by atoms with E-state index in [0.29, 0.717) is 12.5 Å². The summed E-state index contributed by atoms with van der Waals surface area (Å²) in [6.45, 7) is 6.60. The summed E-state index contributed by atoms with van der Waals surface area (Å²) in [7, 11) is 0. The van der Waals surface area contributed by atoms with E-state index >= 15 is 0 Å². The Hall–Kier alpha value is -0.860. The van der Waals surface area contributed by atoms with Crippen LogP contribution in [-0.4, -0.2) is 18.3 Å². The van der Waals surface area contributed by atoms with Crippen molar-refractivity contribution in [2.75, 3.05) is 13.2 Å². The van der Waals surface area contributed by atoms with Crippen LogP contribution >= 0.6 is 0 Å². The van der Waals surface area contributed by atoms with Crippen LogP contribution in [0.3, 0.4) is 0 Å². The first-order valence-corrected chi connectivity index (χ1v) is 7.06. The zero-order valence-corrected chi connectivity index (χ0v) is 11.6. The Labute approximate surface area is 110 Å². The number of aliphatic hydroxyl groups is 1. The van der Waals surface area contributed by atoms with Crippen LogP contribution in [-0.2, 0) is 6.54 Å². The van der Waals surface area contributed by atoms with Gasteiger partial charge in [-0.1, -0.05) is 44.5 Å². The van der Waals surface area contributed by atoms with Gasteiger partial charge in [-0.15, -0.1) is 0 Å². The Kier molecular flexibility index (Phi) is 4.41. The average Bonchev–Trinajstić information content (AvgIpc) is 2.33. The summed E-state index contributed by atoms with van der Waals surface area (Å²) in [6, 6.07) is 8.84. The Balaban J connectivity index is 1.79.